The zero-order valence-electron chi connectivity index (χ0n) is 13.2. The zero-order valence-corrected chi connectivity index (χ0v) is 13.2. The van der Waals surface area contributed by atoms with Crippen molar-refractivity contribution in [1.29, 1.82) is 0 Å². The van der Waals surface area contributed by atoms with Gasteiger partial charge in [0.1, 0.15) is 6.54 Å². The number of rotatable bonds is 8. The molecule has 4 heteroatoms. The first-order valence-corrected chi connectivity index (χ1v) is 7.56. The second kappa shape index (κ2) is 9.16. The average molecular weight is 291 g/mol. The van der Waals surface area contributed by atoms with Crippen molar-refractivity contribution in [1.82, 2.24) is 4.90 Å². The highest BCUT2D eigenvalue weighted by molar-refractivity contribution is 5.82. The van der Waals surface area contributed by atoms with Gasteiger partial charge in [0.25, 0.3) is 0 Å². The summed E-state index contributed by atoms with van der Waals surface area (Å²) in [4.78, 5) is 25.4. The van der Waals surface area contributed by atoms with Crippen LogP contribution < -0.4 is 0 Å². The van der Waals surface area contributed by atoms with E-state index in [1.54, 1.807) is 11.8 Å². The molecule has 0 bridgehead atoms. The second-order valence-electron chi connectivity index (χ2n) is 5.05. The Bertz CT molecular complexity index is 471. The van der Waals surface area contributed by atoms with Gasteiger partial charge in [-0.25, -0.2) is 0 Å². The summed E-state index contributed by atoms with van der Waals surface area (Å²) in [5, 5.41) is 0. The van der Waals surface area contributed by atoms with Gasteiger partial charge in [-0.05, 0) is 37.8 Å². The van der Waals surface area contributed by atoms with Crippen LogP contribution in [0.3, 0.4) is 0 Å². The Morgan fingerprint density at radius 2 is 1.90 bits per heavy atom. The number of amides is 1. The third-order valence-electron chi connectivity index (χ3n) is 3.34. The molecule has 0 atom stereocenters. The maximum Gasteiger partial charge on any atom is 0.325 e. The number of nitrogens with zero attached hydrogens (tertiary/aromatic N) is 1. The highest BCUT2D eigenvalue weighted by Gasteiger charge is 2.17. The average Bonchev–Trinajstić information content (AvgIpc) is 2.46. The molecule has 1 rings (SSSR count). The Morgan fingerprint density at radius 3 is 2.52 bits per heavy atom. The quantitative estimate of drug-likeness (QED) is 0.692. The minimum Gasteiger partial charge on any atom is -0.465 e. The molecular formula is C17H25NO3. The van der Waals surface area contributed by atoms with E-state index < -0.39 is 0 Å². The van der Waals surface area contributed by atoms with Crippen LogP contribution in [0.4, 0.5) is 0 Å². The van der Waals surface area contributed by atoms with E-state index in [2.05, 4.69) is 0 Å². The van der Waals surface area contributed by atoms with Crippen molar-refractivity contribution < 1.29 is 14.3 Å². The fraction of sp³-hybridized carbons (Fsp3) is 0.529. The van der Waals surface area contributed by atoms with E-state index in [0.29, 0.717) is 26.0 Å². The highest BCUT2D eigenvalue weighted by Crippen LogP contribution is 2.10. The molecule has 116 valence electrons. The van der Waals surface area contributed by atoms with Crippen LogP contribution in [0.25, 0.3) is 0 Å². The van der Waals surface area contributed by atoms with Gasteiger partial charge in [-0.1, -0.05) is 31.2 Å². The van der Waals surface area contributed by atoms with Crippen LogP contribution in [0.15, 0.2) is 24.3 Å². The molecule has 21 heavy (non-hydrogen) atoms. The van der Waals surface area contributed by atoms with Crippen LogP contribution in [0.1, 0.15) is 37.8 Å². The molecule has 0 aromatic heterocycles. The maximum absolute atomic E-state index is 12.3. The van der Waals surface area contributed by atoms with Gasteiger partial charge in [0.2, 0.25) is 5.91 Å². The van der Waals surface area contributed by atoms with E-state index in [4.69, 9.17) is 4.74 Å². The molecule has 0 aliphatic heterocycles. The first kappa shape index (κ1) is 17.2. The van der Waals surface area contributed by atoms with Crippen molar-refractivity contribution in [3.63, 3.8) is 0 Å². The normalized spacial score (nSPS) is 10.2. The molecule has 0 aliphatic carbocycles. The Hall–Kier alpha value is -1.84. The maximum atomic E-state index is 12.3. The molecule has 0 saturated carbocycles. The predicted octanol–water partition coefficient (Wildman–Crippen LogP) is 2.73. The molecule has 0 saturated heterocycles. The van der Waals surface area contributed by atoms with E-state index in [1.165, 1.54) is 11.1 Å². The highest BCUT2D eigenvalue weighted by atomic mass is 16.5. The summed E-state index contributed by atoms with van der Waals surface area (Å²) in [5.41, 5.74) is 2.37. The molecular weight excluding hydrogens is 266 g/mol. The van der Waals surface area contributed by atoms with Gasteiger partial charge in [-0.2, -0.15) is 0 Å². The molecule has 1 aromatic rings. The molecule has 0 radical (unpaired) electrons. The first-order valence-electron chi connectivity index (χ1n) is 7.56. The SMILES string of the molecule is CCCN(CC(=O)OCC)C(=O)CCc1ccccc1C. The summed E-state index contributed by atoms with van der Waals surface area (Å²) in [6, 6.07) is 8.06. The van der Waals surface area contributed by atoms with Crippen LogP contribution in [-0.4, -0.2) is 36.5 Å². The molecule has 4 nitrogen and oxygen atoms in total. The van der Waals surface area contributed by atoms with Crippen molar-refractivity contribution in [3.8, 4) is 0 Å². The first-order chi connectivity index (χ1) is 10.1. The van der Waals surface area contributed by atoms with Crippen LogP contribution in [-0.2, 0) is 20.7 Å². The number of ether oxygens (including phenoxy) is 1. The fourth-order valence-electron chi connectivity index (χ4n) is 2.21. The van der Waals surface area contributed by atoms with Gasteiger partial charge in [0.05, 0.1) is 6.61 Å². The lowest BCUT2D eigenvalue weighted by Crippen LogP contribution is -2.37. The molecule has 1 amide bonds. The molecule has 0 aliphatic rings. The monoisotopic (exact) mass is 291 g/mol. The number of hydrogen-bond donors (Lipinski definition) is 0. The molecule has 1 aromatic carbocycles. The summed E-state index contributed by atoms with van der Waals surface area (Å²) < 4.78 is 4.92. The summed E-state index contributed by atoms with van der Waals surface area (Å²) in [6.45, 7) is 6.78. The minimum atomic E-state index is -0.338. The van der Waals surface area contributed by atoms with E-state index in [-0.39, 0.29) is 18.4 Å². The lowest BCUT2D eigenvalue weighted by atomic mass is 10.0. The van der Waals surface area contributed by atoms with Gasteiger partial charge >= 0.3 is 5.97 Å². The zero-order chi connectivity index (χ0) is 15.7. The summed E-state index contributed by atoms with van der Waals surface area (Å²) in [6.07, 6.45) is 1.95. The topological polar surface area (TPSA) is 46.6 Å². The van der Waals surface area contributed by atoms with Crippen molar-refractivity contribution in [3.05, 3.63) is 35.4 Å². The Balaban J connectivity index is 2.56. The molecule has 0 unspecified atom stereocenters. The van der Waals surface area contributed by atoms with Crippen LogP contribution in [0, 0.1) is 6.92 Å². The summed E-state index contributed by atoms with van der Waals surface area (Å²) in [5.74, 6) is -0.330. The van der Waals surface area contributed by atoms with Gasteiger partial charge in [-0.3, -0.25) is 9.59 Å². The van der Waals surface area contributed by atoms with Crippen molar-refractivity contribution in [2.75, 3.05) is 19.7 Å². The second-order valence-corrected chi connectivity index (χ2v) is 5.05. The standard InChI is InChI=1S/C17H25NO3/c1-4-12-18(13-17(20)21-5-2)16(19)11-10-15-9-7-6-8-14(15)3/h6-9H,4-5,10-13H2,1-3H3. The van der Waals surface area contributed by atoms with Crippen molar-refractivity contribution >= 4 is 11.9 Å². The summed E-state index contributed by atoms with van der Waals surface area (Å²) >= 11 is 0. The van der Waals surface area contributed by atoms with Crippen LogP contribution in [0.2, 0.25) is 0 Å². The number of esters is 1. The van der Waals surface area contributed by atoms with Gasteiger partial charge in [0, 0.05) is 13.0 Å². The van der Waals surface area contributed by atoms with E-state index in [0.717, 1.165) is 6.42 Å². The Kier molecular flexibility index (Phi) is 7.51. The number of carbonyl (C=O) groups is 2. The number of benzene rings is 1. The lowest BCUT2D eigenvalue weighted by molar-refractivity contribution is -0.149. The third-order valence-corrected chi connectivity index (χ3v) is 3.34. The Labute approximate surface area is 127 Å². The number of carbonyl (C=O) groups excluding carboxylic acids is 2. The largest absolute Gasteiger partial charge is 0.465 e. The van der Waals surface area contributed by atoms with E-state index >= 15 is 0 Å². The lowest BCUT2D eigenvalue weighted by Gasteiger charge is -2.21. The minimum absolute atomic E-state index is 0.00755. The van der Waals surface area contributed by atoms with Gasteiger partial charge < -0.3 is 9.64 Å². The number of aryl methyl sites for hydroxylation is 2. The van der Waals surface area contributed by atoms with Gasteiger partial charge in [-0.15, -0.1) is 0 Å². The fourth-order valence-corrected chi connectivity index (χ4v) is 2.21. The van der Waals surface area contributed by atoms with Gasteiger partial charge in [0.15, 0.2) is 0 Å². The smallest absolute Gasteiger partial charge is 0.325 e. The van der Waals surface area contributed by atoms with Crippen LogP contribution >= 0.6 is 0 Å². The van der Waals surface area contributed by atoms with Crippen molar-refractivity contribution in [2.45, 2.75) is 40.0 Å². The summed E-state index contributed by atoms with van der Waals surface area (Å²) in [7, 11) is 0. The Morgan fingerprint density at radius 1 is 1.19 bits per heavy atom. The van der Waals surface area contributed by atoms with E-state index in [9.17, 15) is 9.59 Å². The molecule has 0 fully saturated rings. The molecule has 0 spiro atoms. The molecule has 0 heterocycles. The number of hydrogen-bond acceptors (Lipinski definition) is 3. The molecule has 0 N–H and O–H groups in total. The predicted molar refractivity (Wildman–Crippen MR) is 83.0 cm³/mol. The van der Waals surface area contributed by atoms with E-state index in [1.807, 2.05) is 38.1 Å². The van der Waals surface area contributed by atoms with Crippen LogP contribution in [0.5, 0.6) is 0 Å². The van der Waals surface area contributed by atoms with Crippen molar-refractivity contribution in [2.24, 2.45) is 0 Å². The third kappa shape index (κ3) is 5.98.